The van der Waals surface area contributed by atoms with Crippen molar-refractivity contribution in [1.82, 2.24) is 20.3 Å². The van der Waals surface area contributed by atoms with E-state index >= 15 is 0 Å². The lowest BCUT2D eigenvalue weighted by molar-refractivity contribution is 0.0953. The molecule has 7 heteroatoms. The Morgan fingerprint density at radius 3 is 2.57 bits per heavy atom. The molecule has 4 rings (SSSR count). The second-order valence-corrected chi connectivity index (χ2v) is 6.73. The molecule has 3 N–H and O–H groups in total. The third-order valence-electron chi connectivity index (χ3n) is 4.37. The Labute approximate surface area is 167 Å². The van der Waals surface area contributed by atoms with E-state index < -0.39 is 0 Å². The van der Waals surface area contributed by atoms with E-state index in [9.17, 15) is 4.79 Å². The lowest BCUT2D eigenvalue weighted by Crippen LogP contribution is -2.26. The van der Waals surface area contributed by atoms with E-state index in [0.29, 0.717) is 23.1 Å². The number of benzene rings is 2. The molecule has 0 atom stereocenters. The first kappa shape index (κ1) is 18.0. The number of hydrogen-bond donors (Lipinski definition) is 3. The molecule has 0 radical (unpaired) electrons. The average Bonchev–Trinajstić information content (AvgIpc) is 3.13. The van der Waals surface area contributed by atoms with Crippen LogP contribution in [-0.2, 0) is 6.42 Å². The van der Waals surface area contributed by atoms with E-state index in [-0.39, 0.29) is 5.91 Å². The van der Waals surface area contributed by atoms with Gasteiger partial charge in [0.05, 0.1) is 5.56 Å². The number of hydrogen-bond acceptors (Lipinski definition) is 4. The molecule has 2 aromatic carbocycles. The molecular weight excluding hydrogens is 374 g/mol. The van der Waals surface area contributed by atoms with Crippen LogP contribution in [0.15, 0.2) is 67.1 Å². The van der Waals surface area contributed by atoms with Gasteiger partial charge in [-0.3, -0.25) is 4.79 Å². The van der Waals surface area contributed by atoms with Crippen LogP contribution in [0.3, 0.4) is 0 Å². The van der Waals surface area contributed by atoms with Crippen molar-refractivity contribution in [3.8, 4) is 0 Å². The minimum atomic E-state index is -0.196. The first-order valence-corrected chi connectivity index (χ1v) is 9.25. The quantitative estimate of drug-likeness (QED) is 0.457. The zero-order valence-corrected chi connectivity index (χ0v) is 15.7. The van der Waals surface area contributed by atoms with Gasteiger partial charge in [0.15, 0.2) is 0 Å². The molecule has 0 unspecified atom stereocenters. The van der Waals surface area contributed by atoms with Crippen molar-refractivity contribution in [2.24, 2.45) is 0 Å². The minimum Gasteiger partial charge on any atom is -0.361 e. The molecule has 0 bridgehead atoms. The maximum Gasteiger partial charge on any atom is 0.254 e. The van der Waals surface area contributed by atoms with Crippen LogP contribution in [0.4, 0.5) is 11.6 Å². The van der Waals surface area contributed by atoms with Gasteiger partial charge in [-0.05, 0) is 42.3 Å². The highest BCUT2D eigenvalue weighted by molar-refractivity contribution is 6.30. The Hall–Kier alpha value is -3.38. The van der Waals surface area contributed by atoms with Crippen LogP contribution in [0, 0.1) is 0 Å². The molecular formula is C21H18ClN5O. The Bertz CT molecular complexity index is 1090. The second kappa shape index (κ2) is 8.10. The number of aromatic amines is 1. The molecule has 0 aliphatic carbocycles. The summed E-state index contributed by atoms with van der Waals surface area (Å²) in [6.07, 6.45) is 5.74. The summed E-state index contributed by atoms with van der Waals surface area (Å²) in [5.74, 6) is 0.218. The largest absolute Gasteiger partial charge is 0.361 e. The fourth-order valence-electron chi connectivity index (χ4n) is 2.92. The maximum atomic E-state index is 12.3. The number of aromatic nitrogens is 3. The Balaban J connectivity index is 1.32. The summed E-state index contributed by atoms with van der Waals surface area (Å²) in [7, 11) is 0. The maximum absolute atomic E-state index is 12.3. The van der Waals surface area contributed by atoms with Crippen LogP contribution in [0.5, 0.6) is 0 Å². The van der Waals surface area contributed by atoms with E-state index in [1.165, 1.54) is 23.3 Å². The van der Waals surface area contributed by atoms with Crippen LogP contribution < -0.4 is 10.6 Å². The van der Waals surface area contributed by atoms with Crippen molar-refractivity contribution in [2.75, 3.05) is 11.9 Å². The second-order valence-electron chi connectivity index (χ2n) is 6.29. The number of fused-ring (bicyclic) bond motifs is 1. The first-order chi connectivity index (χ1) is 13.7. The lowest BCUT2D eigenvalue weighted by Gasteiger charge is -2.07. The summed E-state index contributed by atoms with van der Waals surface area (Å²) in [4.78, 5) is 23.9. The molecule has 0 fully saturated rings. The van der Waals surface area contributed by atoms with Gasteiger partial charge in [0, 0.05) is 46.7 Å². The molecule has 0 aliphatic heterocycles. The standard InChI is InChI=1S/C21H18ClN5O/c22-16-5-7-17(8-6-16)27-21-25-12-15(13-26-21)20(28)23-10-9-14-11-24-19-4-2-1-3-18(14)19/h1-8,11-13,24H,9-10H2,(H,23,28)(H,25,26,27). The number of rotatable bonds is 6. The Kier molecular flexibility index (Phi) is 5.21. The highest BCUT2D eigenvalue weighted by Gasteiger charge is 2.08. The van der Waals surface area contributed by atoms with Gasteiger partial charge in [0.25, 0.3) is 5.91 Å². The fraction of sp³-hybridized carbons (Fsp3) is 0.0952. The number of H-pyrrole nitrogens is 1. The predicted octanol–water partition coefficient (Wildman–Crippen LogP) is 4.33. The average molecular weight is 392 g/mol. The fourth-order valence-corrected chi connectivity index (χ4v) is 3.05. The number of carbonyl (C=O) groups is 1. The van der Waals surface area contributed by atoms with E-state index in [2.05, 4.69) is 31.7 Å². The Morgan fingerprint density at radius 1 is 1.04 bits per heavy atom. The normalized spacial score (nSPS) is 10.8. The summed E-state index contributed by atoms with van der Waals surface area (Å²) in [5, 5.41) is 7.81. The van der Waals surface area contributed by atoms with Crippen molar-refractivity contribution < 1.29 is 4.79 Å². The molecule has 0 aliphatic rings. The molecule has 28 heavy (non-hydrogen) atoms. The molecule has 2 aromatic heterocycles. The third-order valence-corrected chi connectivity index (χ3v) is 4.62. The SMILES string of the molecule is O=C(NCCc1c[nH]c2ccccc12)c1cnc(Nc2ccc(Cl)cc2)nc1. The van der Waals surface area contributed by atoms with E-state index in [1.54, 1.807) is 12.1 Å². The van der Waals surface area contributed by atoms with Crippen molar-refractivity contribution in [3.05, 3.63) is 83.3 Å². The summed E-state index contributed by atoms with van der Waals surface area (Å²) < 4.78 is 0. The highest BCUT2D eigenvalue weighted by Crippen LogP contribution is 2.18. The number of para-hydroxylation sites is 1. The zero-order valence-electron chi connectivity index (χ0n) is 14.9. The van der Waals surface area contributed by atoms with Gasteiger partial charge in [-0.2, -0.15) is 0 Å². The van der Waals surface area contributed by atoms with Gasteiger partial charge in [0.2, 0.25) is 5.95 Å². The van der Waals surface area contributed by atoms with Crippen molar-refractivity contribution in [1.29, 1.82) is 0 Å². The van der Waals surface area contributed by atoms with Gasteiger partial charge in [-0.1, -0.05) is 29.8 Å². The molecule has 0 saturated heterocycles. The highest BCUT2D eigenvalue weighted by atomic mass is 35.5. The van der Waals surface area contributed by atoms with Gasteiger partial charge in [0.1, 0.15) is 0 Å². The van der Waals surface area contributed by atoms with Crippen molar-refractivity contribution >= 4 is 40.0 Å². The smallest absolute Gasteiger partial charge is 0.254 e. The van der Waals surface area contributed by atoms with Crippen LogP contribution in [0.1, 0.15) is 15.9 Å². The number of nitrogens with one attached hydrogen (secondary N) is 3. The molecule has 140 valence electrons. The number of nitrogens with zero attached hydrogens (tertiary/aromatic N) is 2. The predicted molar refractivity (Wildman–Crippen MR) is 111 cm³/mol. The third kappa shape index (κ3) is 4.13. The first-order valence-electron chi connectivity index (χ1n) is 8.87. The number of halogens is 1. The Morgan fingerprint density at radius 2 is 1.79 bits per heavy atom. The summed E-state index contributed by atoms with van der Waals surface area (Å²) in [5.41, 5.74) is 3.51. The summed E-state index contributed by atoms with van der Waals surface area (Å²) in [6.45, 7) is 0.533. The number of carbonyl (C=O) groups excluding carboxylic acids is 1. The summed E-state index contributed by atoms with van der Waals surface area (Å²) in [6, 6.07) is 15.3. The lowest BCUT2D eigenvalue weighted by atomic mass is 10.1. The molecule has 4 aromatic rings. The van der Waals surface area contributed by atoms with Gasteiger partial charge in [-0.15, -0.1) is 0 Å². The van der Waals surface area contributed by atoms with E-state index in [1.807, 2.05) is 36.5 Å². The van der Waals surface area contributed by atoms with Crippen LogP contribution in [0.25, 0.3) is 10.9 Å². The van der Waals surface area contributed by atoms with Crippen LogP contribution in [-0.4, -0.2) is 27.4 Å². The number of anilines is 2. The van der Waals surface area contributed by atoms with Crippen molar-refractivity contribution in [2.45, 2.75) is 6.42 Å². The van der Waals surface area contributed by atoms with Crippen LogP contribution >= 0.6 is 11.6 Å². The summed E-state index contributed by atoms with van der Waals surface area (Å²) >= 11 is 5.87. The topological polar surface area (TPSA) is 82.7 Å². The number of amides is 1. The van der Waals surface area contributed by atoms with Gasteiger partial charge in [-0.25, -0.2) is 9.97 Å². The van der Waals surface area contributed by atoms with Crippen LogP contribution in [0.2, 0.25) is 5.02 Å². The molecule has 0 saturated carbocycles. The van der Waals surface area contributed by atoms with Crippen molar-refractivity contribution in [3.63, 3.8) is 0 Å². The molecule has 2 heterocycles. The van der Waals surface area contributed by atoms with Gasteiger partial charge < -0.3 is 15.6 Å². The molecule has 0 spiro atoms. The van der Waals surface area contributed by atoms with E-state index in [4.69, 9.17) is 11.6 Å². The van der Waals surface area contributed by atoms with E-state index in [0.717, 1.165) is 17.6 Å². The monoisotopic (exact) mass is 391 g/mol. The van der Waals surface area contributed by atoms with Gasteiger partial charge >= 0.3 is 0 Å². The molecule has 6 nitrogen and oxygen atoms in total. The molecule has 1 amide bonds. The zero-order chi connectivity index (χ0) is 19.3. The minimum absolute atomic E-state index is 0.196.